The van der Waals surface area contributed by atoms with Crippen molar-refractivity contribution in [2.75, 3.05) is 31.6 Å². The van der Waals surface area contributed by atoms with Crippen LogP contribution >= 0.6 is 0 Å². The zero-order valence-corrected chi connectivity index (χ0v) is 10.7. The van der Waals surface area contributed by atoms with Crippen molar-refractivity contribution in [3.8, 4) is 5.75 Å². The molecule has 2 N–H and O–H groups in total. The molecule has 0 saturated carbocycles. The van der Waals surface area contributed by atoms with Crippen molar-refractivity contribution >= 4 is 11.6 Å². The summed E-state index contributed by atoms with van der Waals surface area (Å²) in [6.45, 7) is 2.71. The highest BCUT2D eigenvalue weighted by molar-refractivity contribution is 5.83. The van der Waals surface area contributed by atoms with Gasteiger partial charge >= 0.3 is 0 Å². The highest BCUT2D eigenvalue weighted by Crippen LogP contribution is 2.28. The lowest BCUT2D eigenvalue weighted by Crippen LogP contribution is -2.46. The number of anilines is 1. The highest BCUT2D eigenvalue weighted by Gasteiger charge is 2.26. The highest BCUT2D eigenvalue weighted by atomic mass is 16.5. The van der Waals surface area contributed by atoms with Crippen LogP contribution in [-0.4, -0.2) is 38.3 Å². The Kier molecular flexibility index (Phi) is 3.55. The summed E-state index contributed by atoms with van der Waals surface area (Å²) in [6, 6.07) is 7.65. The summed E-state index contributed by atoms with van der Waals surface area (Å²) >= 11 is 0. The molecule has 0 spiro atoms. The SMILES string of the molecule is O=C(NCC1CCOC1)C1CNc2ccccc2O1. The van der Waals surface area contributed by atoms with E-state index in [0.717, 1.165) is 31.1 Å². The van der Waals surface area contributed by atoms with Crippen LogP contribution in [0.15, 0.2) is 24.3 Å². The monoisotopic (exact) mass is 262 g/mol. The molecule has 2 heterocycles. The van der Waals surface area contributed by atoms with E-state index in [1.165, 1.54) is 0 Å². The van der Waals surface area contributed by atoms with Gasteiger partial charge in [0.25, 0.3) is 5.91 Å². The minimum atomic E-state index is -0.461. The summed E-state index contributed by atoms with van der Waals surface area (Å²) in [4.78, 5) is 12.0. The van der Waals surface area contributed by atoms with E-state index in [0.29, 0.717) is 19.0 Å². The molecule has 1 aromatic carbocycles. The molecule has 2 unspecified atom stereocenters. The summed E-state index contributed by atoms with van der Waals surface area (Å²) in [6.07, 6.45) is 0.560. The van der Waals surface area contributed by atoms with Gasteiger partial charge in [-0.25, -0.2) is 0 Å². The molecule has 102 valence electrons. The van der Waals surface area contributed by atoms with Crippen molar-refractivity contribution in [2.24, 2.45) is 5.92 Å². The Bertz CT molecular complexity index is 458. The molecule has 2 aliphatic rings. The first-order valence-electron chi connectivity index (χ1n) is 6.68. The van der Waals surface area contributed by atoms with E-state index in [1.54, 1.807) is 0 Å². The van der Waals surface area contributed by atoms with Crippen molar-refractivity contribution in [3.63, 3.8) is 0 Å². The second kappa shape index (κ2) is 5.48. The second-order valence-corrected chi connectivity index (χ2v) is 4.96. The molecule has 1 amide bonds. The number of benzene rings is 1. The molecule has 2 aliphatic heterocycles. The third-order valence-electron chi connectivity index (χ3n) is 3.52. The van der Waals surface area contributed by atoms with Gasteiger partial charge in [-0.3, -0.25) is 4.79 Å². The Morgan fingerprint density at radius 3 is 3.16 bits per heavy atom. The number of hydrogen-bond acceptors (Lipinski definition) is 4. The number of carbonyl (C=O) groups excluding carboxylic acids is 1. The normalized spacial score (nSPS) is 25.1. The van der Waals surface area contributed by atoms with Gasteiger partial charge < -0.3 is 20.1 Å². The molecule has 5 nitrogen and oxygen atoms in total. The van der Waals surface area contributed by atoms with Gasteiger partial charge in [-0.2, -0.15) is 0 Å². The number of fused-ring (bicyclic) bond motifs is 1. The number of nitrogens with one attached hydrogen (secondary N) is 2. The largest absolute Gasteiger partial charge is 0.477 e. The molecule has 3 rings (SSSR count). The van der Waals surface area contributed by atoms with E-state index < -0.39 is 6.10 Å². The summed E-state index contributed by atoms with van der Waals surface area (Å²) in [5.41, 5.74) is 0.941. The molecule has 0 radical (unpaired) electrons. The molecular weight excluding hydrogens is 244 g/mol. The Hall–Kier alpha value is -1.75. The fraction of sp³-hybridized carbons (Fsp3) is 0.500. The predicted octanol–water partition coefficient (Wildman–Crippen LogP) is 1.01. The number of carbonyl (C=O) groups is 1. The fourth-order valence-corrected chi connectivity index (χ4v) is 2.36. The van der Waals surface area contributed by atoms with Gasteiger partial charge in [-0.15, -0.1) is 0 Å². The Morgan fingerprint density at radius 1 is 1.42 bits per heavy atom. The maximum atomic E-state index is 12.0. The van der Waals surface area contributed by atoms with Crippen LogP contribution < -0.4 is 15.4 Å². The predicted molar refractivity (Wildman–Crippen MR) is 71.3 cm³/mol. The van der Waals surface area contributed by atoms with E-state index in [-0.39, 0.29) is 5.91 Å². The fourth-order valence-electron chi connectivity index (χ4n) is 2.36. The second-order valence-electron chi connectivity index (χ2n) is 4.96. The van der Waals surface area contributed by atoms with Gasteiger partial charge in [0, 0.05) is 19.1 Å². The molecule has 0 aliphatic carbocycles. The van der Waals surface area contributed by atoms with Gasteiger partial charge in [0.05, 0.1) is 18.8 Å². The van der Waals surface area contributed by atoms with E-state index in [9.17, 15) is 4.79 Å². The van der Waals surface area contributed by atoms with Crippen LogP contribution in [0.1, 0.15) is 6.42 Å². The van der Waals surface area contributed by atoms with Gasteiger partial charge in [0.1, 0.15) is 5.75 Å². The first-order chi connectivity index (χ1) is 9.33. The number of ether oxygens (including phenoxy) is 2. The number of para-hydroxylation sites is 2. The maximum Gasteiger partial charge on any atom is 0.262 e. The van der Waals surface area contributed by atoms with Crippen molar-refractivity contribution in [1.82, 2.24) is 5.32 Å². The average molecular weight is 262 g/mol. The standard InChI is InChI=1S/C14H18N2O3/c17-14(16-7-10-5-6-18-9-10)13-8-15-11-3-1-2-4-12(11)19-13/h1-4,10,13,15H,5-9H2,(H,16,17). The lowest BCUT2D eigenvalue weighted by molar-refractivity contribution is -0.127. The van der Waals surface area contributed by atoms with Crippen LogP contribution in [0.2, 0.25) is 0 Å². The third-order valence-corrected chi connectivity index (χ3v) is 3.52. The Labute approximate surface area is 112 Å². The van der Waals surface area contributed by atoms with Crippen molar-refractivity contribution in [3.05, 3.63) is 24.3 Å². The van der Waals surface area contributed by atoms with Crippen LogP contribution in [-0.2, 0) is 9.53 Å². The van der Waals surface area contributed by atoms with Crippen molar-refractivity contribution in [1.29, 1.82) is 0 Å². The molecule has 19 heavy (non-hydrogen) atoms. The van der Waals surface area contributed by atoms with E-state index in [4.69, 9.17) is 9.47 Å². The molecule has 0 bridgehead atoms. The topological polar surface area (TPSA) is 59.6 Å². The van der Waals surface area contributed by atoms with E-state index in [1.807, 2.05) is 24.3 Å². The first-order valence-corrected chi connectivity index (χ1v) is 6.68. The van der Waals surface area contributed by atoms with Crippen LogP contribution in [0.5, 0.6) is 5.75 Å². The number of hydrogen-bond donors (Lipinski definition) is 2. The molecule has 2 atom stereocenters. The minimum Gasteiger partial charge on any atom is -0.477 e. The van der Waals surface area contributed by atoms with Gasteiger partial charge in [0.15, 0.2) is 6.10 Å². The first kappa shape index (κ1) is 12.3. The van der Waals surface area contributed by atoms with Gasteiger partial charge in [-0.05, 0) is 18.6 Å². The summed E-state index contributed by atoms with van der Waals surface area (Å²) in [5, 5.41) is 6.15. The van der Waals surface area contributed by atoms with Crippen LogP contribution in [0.25, 0.3) is 0 Å². The molecule has 1 fully saturated rings. The molecule has 5 heteroatoms. The van der Waals surface area contributed by atoms with Crippen LogP contribution in [0, 0.1) is 5.92 Å². The number of rotatable bonds is 3. The van der Waals surface area contributed by atoms with Crippen molar-refractivity contribution in [2.45, 2.75) is 12.5 Å². The maximum absolute atomic E-state index is 12.0. The minimum absolute atomic E-state index is 0.0612. The zero-order valence-electron chi connectivity index (χ0n) is 10.7. The van der Waals surface area contributed by atoms with Crippen LogP contribution in [0.4, 0.5) is 5.69 Å². The Balaban J connectivity index is 1.54. The molecule has 1 aromatic rings. The molecule has 1 saturated heterocycles. The van der Waals surface area contributed by atoms with Gasteiger partial charge in [0.2, 0.25) is 0 Å². The lowest BCUT2D eigenvalue weighted by atomic mass is 10.1. The quantitative estimate of drug-likeness (QED) is 0.853. The van der Waals surface area contributed by atoms with E-state index in [2.05, 4.69) is 10.6 Å². The number of amides is 1. The lowest BCUT2D eigenvalue weighted by Gasteiger charge is -2.26. The van der Waals surface area contributed by atoms with Crippen LogP contribution in [0.3, 0.4) is 0 Å². The smallest absolute Gasteiger partial charge is 0.262 e. The van der Waals surface area contributed by atoms with E-state index >= 15 is 0 Å². The summed E-state index contributed by atoms with van der Waals surface area (Å²) in [5.74, 6) is 1.11. The summed E-state index contributed by atoms with van der Waals surface area (Å²) < 4.78 is 11.0. The molecule has 0 aromatic heterocycles. The zero-order chi connectivity index (χ0) is 13.1. The van der Waals surface area contributed by atoms with Crippen molar-refractivity contribution < 1.29 is 14.3 Å². The Morgan fingerprint density at radius 2 is 2.32 bits per heavy atom. The summed E-state index contributed by atoms with van der Waals surface area (Å²) in [7, 11) is 0. The van der Waals surface area contributed by atoms with Gasteiger partial charge in [-0.1, -0.05) is 12.1 Å². The average Bonchev–Trinajstić information content (AvgIpc) is 2.97. The molecular formula is C14H18N2O3. The third kappa shape index (κ3) is 2.81.